The Balaban J connectivity index is 1.84. The summed E-state index contributed by atoms with van der Waals surface area (Å²) >= 11 is 0. The summed E-state index contributed by atoms with van der Waals surface area (Å²) in [7, 11) is -2.36. The number of nitrogens with zero attached hydrogens (tertiary/aromatic N) is 1. The quantitative estimate of drug-likeness (QED) is 0.732. The second-order valence-electron chi connectivity index (χ2n) is 7.32. The molecule has 0 saturated carbocycles. The fourth-order valence-electron chi connectivity index (χ4n) is 3.42. The fourth-order valence-corrected chi connectivity index (χ4v) is 4.99. The van der Waals surface area contributed by atoms with Crippen LogP contribution < -0.4 is 5.32 Å². The van der Waals surface area contributed by atoms with Gasteiger partial charge in [0.25, 0.3) is 5.91 Å². The number of rotatable bonds is 5. The Morgan fingerprint density at radius 3 is 2.33 bits per heavy atom. The SMILES string of the molecule is COC(=O)c1ccc(C)c(NC(=O)c2cccc(S(=O)(=O)N3CCCCCC3)c2)c1. The van der Waals surface area contributed by atoms with Gasteiger partial charge < -0.3 is 10.1 Å². The number of sulfonamides is 1. The van der Waals surface area contributed by atoms with Crippen LogP contribution in [0.4, 0.5) is 5.69 Å². The van der Waals surface area contributed by atoms with Gasteiger partial charge in [-0.2, -0.15) is 4.31 Å². The van der Waals surface area contributed by atoms with E-state index in [4.69, 9.17) is 4.74 Å². The van der Waals surface area contributed by atoms with Crippen LogP contribution in [0.15, 0.2) is 47.4 Å². The number of hydrogen-bond donors (Lipinski definition) is 1. The molecule has 1 heterocycles. The highest BCUT2D eigenvalue weighted by molar-refractivity contribution is 7.89. The van der Waals surface area contributed by atoms with Crippen molar-refractivity contribution in [3.05, 3.63) is 59.2 Å². The van der Waals surface area contributed by atoms with Crippen molar-refractivity contribution >= 4 is 27.6 Å². The highest BCUT2D eigenvalue weighted by Gasteiger charge is 2.26. The van der Waals surface area contributed by atoms with Gasteiger partial charge in [-0.1, -0.05) is 25.0 Å². The maximum Gasteiger partial charge on any atom is 0.337 e. The molecule has 0 spiro atoms. The predicted octanol–water partition coefficient (Wildman–Crippen LogP) is 3.60. The van der Waals surface area contributed by atoms with E-state index in [1.54, 1.807) is 31.2 Å². The molecule has 1 aliphatic rings. The number of aryl methyl sites for hydroxylation is 1. The van der Waals surface area contributed by atoms with Crippen LogP contribution in [0.2, 0.25) is 0 Å². The highest BCUT2D eigenvalue weighted by Crippen LogP contribution is 2.23. The van der Waals surface area contributed by atoms with Crippen molar-refractivity contribution in [3.8, 4) is 0 Å². The molecule has 0 aromatic heterocycles. The molecular weight excluding hydrogens is 404 g/mol. The van der Waals surface area contributed by atoms with Gasteiger partial charge in [-0.15, -0.1) is 0 Å². The molecule has 2 aromatic rings. The molecule has 8 heteroatoms. The molecule has 0 bridgehead atoms. The highest BCUT2D eigenvalue weighted by atomic mass is 32.2. The van der Waals surface area contributed by atoms with Crippen molar-refractivity contribution in [2.75, 3.05) is 25.5 Å². The first-order chi connectivity index (χ1) is 14.3. The monoisotopic (exact) mass is 430 g/mol. The van der Waals surface area contributed by atoms with Crippen LogP contribution in [-0.2, 0) is 14.8 Å². The molecule has 0 atom stereocenters. The maximum absolute atomic E-state index is 13.0. The zero-order chi connectivity index (χ0) is 21.7. The zero-order valence-electron chi connectivity index (χ0n) is 17.2. The first kappa shape index (κ1) is 22.0. The van der Waals surface area contributed by atoms with Crippen molar-refractivity contribution in [3.63, 3.8) is 0 Å². The molecule has 1 saturated heterocycles. The first-order valence-corrected chi connectivity index (χ1v) is 11.4. The van der Waals surface area contributed by atoms with Gasteiger partial charge in [0.05, 0.1) is 17.6 Å². The number of benzene rings is 2. The summed E-state index contributed by atoms with van der Waals surface area (Å²) < 4.78 is 32.3. The van der Waals surface area contributed by atoms with E-state index in [1.807, 2.05) is 0 Å². The summed E-state index contributed by atoms with van der Waals surface area (Å²) in [4.78, 5) is 24.7. The van der Waals surface area contributed by atoms with Gasteiger partial charge >= 0.3 is 5.97 Å². The van der Waals surface area contributed by atoms with E-state index in [0.29, 0.717) is 24.3 Å². The van der Waals surface area contributed by atoms with E-state index in [1.165, 1.54) is 29.6 Å². The van der Waals surface area contributed by atoms with Crippen molar-refractivity contribution in [1.82, 2.24) is 4.31 Å². The standard InChI is InChI=1S/C22H26N2O5S/c1-16-10-11-18(22(26)29-2)15-20(16)23-21(25)17-8-7-9-19(14-17)30(27,28)24-12-5-3-4-6-13-24/h7-11,14-15H,3-6,12-13H2,1-2H3,(H,23,25). The van der Waals surface area contributed by atoms with Crippen molar-refractivity contribution in [2.24, 2.45) is 0 Å². The van der Waals surface area contributed by atoms with Crippen LogP contribution in [0.1, 0.15) is 52.0 Å². The van der Waals surface area contributed by atoms with Crippen molar-refractivity contribution in [1.29, 1.82) is 0 Å². The topological polar surface area (TPSA) is 92.8 Å². The Labute approximate surface area is 177 Å². The van der Waals surface area contributed by atoms with E-state index in [-0.39, 0.29) is 10.5 Å². The maximum atomic E-state index is 13.0. The molecule has 0 aliphatic carbocycles. The van der Waals surface area contributed by atoms with Crippen molar-refractivity contribution in [2.45, 2.75) is 37.5 Å². The third kappa shape index (κ3) is 4.88. The van der Waals surface area contributed by atoms with Gasteiger partial charge in [0.15, 0.2) is 0 Å². The molecular formula is C22H26N2O5S. The Kier molecular flexibility index (Phi) is 6.89. The van der Waals surface area contributed by atoms with Gasteiger partial charge in [-0.3, -0.25) is 4.79 Å². The number of methoxy groups -OCH3 is 1. The summed E-state index contributed by atoms with van der Waals surface area (Å²) in [5.74, 6) is -0.955. The summed E-state index contributed by atoms with van der Waals surface area (Å²) in [6, 6.07) is 10.9. The van der Waals surface area contributed by atoms with E-state index >= 15 is 0 Å². The number of carbonyl (C=O) groups excluding carboxylic acids is 2. The molecule has 1 aliphatic heterocycles. The lowest BCUT2D eigenvalue weighted by atomic mass is 10.1. The first-order valence-electron chi connectivity index (χ1n) is 9.93. The molecule has 160 valence electrons. The number of ether oxygens (including phenoxy) is 1. The van der Waals surface area contributed by atoms with Crippen LogP contribution in [0.3, 0.4) is 0 Å². The van der Waals surface area contributed by atoms with Crippen molar-refractivity contribution < 1.29 is 22.7 Å². The summed E-state index contributed by atoms with van der Waals surface area (Å²) in [6.45, 7) is 2.80. The molecule has 0 unspecified atom stereocenters. The molecule has 30 heavy (non-hydrogen) atoms. The Morgan fingerprint density at radius 2 is 1.67 bits per heavy atom. The lowest BCUT2D eigenvalue weighted by molar-refractivity contribution is 0.0600. The minimum atomic E-state index is -3.65. The summed E-state index contributed by atoms with van der Waals surface area (Å²) in [5, 5.41) is 2.76. The van der Waals surface area contributed by atoms with Crippen LogP contribution in [-0.4, -0.2) is 44.8 Å². The Morgan fingerprint density at radius 1 is 0.967 bits per heavy atom. The number of esters is 1. The Hall–Kier alpha value is -2.71. The minimum absolute atomic E-state index is 0.108. The zero-order valence-corrected chi connectivity index (χ0v) is 18.0. The lowest BCUT2D eigenvalue weighted by Crippen LogP contribution is -2.32. The number of hydrogen-bond acceptors (Lipinski definition) is 5. The van der Waals surface area contributed by atoms with E-state index < -0.39 is 21.9 Å². The third-order valence-corrected chi connectivity index (χ3v) is 7.10. The van der Waals surface area contributed by atoms with Gasteiger partial charge in [0.1, 0.15) is 0 Å². The second kappa shape index (κ2) is 9.40. The summed E-state index contributed by atoms with van der Waals surface area (Å²) in [6.07, 6.45) is 3.74. The summed E-state index contributed by atoms with van der Waals surface area (Å²) in [5.41, 5.74) is 1.78. The van der Waals surface area contributed by atoms with Crippen LogP contribution in [0.5, 0.6) is 0 Å². The smallest absolute Gasteiger partial charge is 0.337 e. The molecule has 3 rings (SSSR count). The Bertz CT molecular complexity index is 1040. The molecule has 7 nitrogen and oxygen atoms in total. The number of carbonyl (C=O) groups is 2. The van der Waals surface area contributed by atoms with Gasteiger partial charge in [-0.05, 0) is 55.7 Å². The molecule has 1 fully saturated rings. The largest absolute Gasteiger partial charge is 0.465 e. The van der Waals surface area contributed by atoms with E-state index in [9.17, 15) is 18.0 Å². The normalized spacial score (nSPS) is 15.3. The van der Waals surface area contributed by atoms with Crippen LogP contribution in [0.25, 0.3) is 0 Å². The molecule has 2 aromatic carbocycles. The third-order valence-electron chi connectivity index (χ3n) is 5.21. The van der Waals surface area contributed by atoms with Gasteiger partial charge in [0.2, 0.25) is 10.0 Å². The van der Waals surface area contributed by atoms with E-state index in [0.717, 1.165) is 31.2 Å². The average molecular weight is 431 g/mol. The average Bonchev–Trinajstić information content (AvgIpc) is 3.05. The van der Waals surface area contributed by atoms with Crippen LogP contribution >= 0.6 is 0 Å². The van der Waals surface area contributed by atoms with Gasteiger partial charge in [-0.25, -0.2) is 13.2 Å². The van der Waals surface area contributed by atoms with E-state index in [2.05, 4.69) is 5.32 Å². The van der Waals surface area contributed by atoms with Crippen LogP contribution in [0, 0.1) is 6.92 Å². The number of nitrogens with one attached hydrogen (secondary N) is 1. The predicted molar refractivity (Wildman–Crippen MR) is 114 cm³/mol. The number of anilines is 1. The molecule has 0 radical (unpaired) electrons. The minimum Gasteiger partial charge on any atom is -0.465 e. The molecule has 1 N–H and O–H groups in total. The second-order valence-corrected chi connectivity index (χ2v) is 9.26. The lowest BCUT2D eigenvalue weighted by Gasteiger charge is -2.20. The van der Waals surface area contributed by atoms with Gasteiger partial charge in [0, 0.05) is 24.3 Å². The molecule has 1 amide bonds. The number of amides is 1. The fraction of sp³-hybridized carbons (Fsp3) is 0.364.